The average molecular weight is 489 g/mol. The van der Waals surface area contributed by atoms with E-state index in [0.29, 0.717) is 41.7 Å². The molecule has 4 N–H and O–H groups in total. The third-order valence-corrected chi connectivity index (χ3v) is 6.69. The van der Waals surface area contributed by atoms with Crippen molar-refractivity contribution in [2.45, 2.75) is 25.5 Å². The average Bonchev–Trinajstić information content (AvgIpc) is 2.85. The number of aryl methyl sites for hydroxylation is 1. The number of hydrogen-bond acceptors (Lipinski definition) is 6. The number of aromatic nitrogens is 1. The molecule has 0 unspecified atom stereocenters. The van der Waals surface area contributed by atoms with Crippen LogP contribution in [-0.4, -0.2) is 46.7 Å². The molecule has 3 aromatic carbocycles. The fourth-order valence-corrected chi connectivity index (χ4v) is 4.92. The lowest BCUT2D eigenvalue weighted by Crippen LogP contribution is -2.50. The van der Waals surface area contributed by atoms with Gasteiger partial charge in [-0.05, 0) is 65.9 Å². The Bertz CT molecular complexity index is 1450. The summed E-state index contributed by atoms with van der Waals surface area (Å²) in [5.74, 6) is -0.862. The Labute approximate surface area is 207 Å². The fraction of sp³-hybridized carbons (Fsp3) is 0.214. The smallest absolute Gasteiger partial charge is 0.132 e. The third kappa shape index (κ3) is 4.41. The zero-order valence-electron chi connectivity index (χ0n) is 19.7. The quantitative estimate of drug-likeness (QED) is 0.217. The SMILES string of the molecule is Cc1cc(F)cc(-c2cnc3ccc(-c4cccc(F)c4/C=N/O)cc3c2N2CC[C@H](N)[C@H](O)C2)c1. The van der Waals surface area contributed by atoms with Gasteiger partial charge in [0.1, 0.15) is 11.6 Å². The molecular weight excluding hydrogens is 462 g/mol. The summed E-state index contributed by atoms with van der Waals surface area (Å²) in [6.45, 7) is 2.75. The lowest BCUT2D eigenvalue weighted by Gasteiger charge is -2.37. The lowest BCUT2D eigenvalue weighted by atomic mass is 9.94. The first-order chi connectivity index (χ1) is 17.4. The maximum Gasteiger partial charge on any atom is 0.132 e. The van der Waals surface area contributed by atoms with Gasteiger partial charge in [-0.2, -0.15) is 0 Å². The zero-order valence-corrected chi connectivity index (χ0v) is 19.7. The van der Waals surface area contributed by atoms with E-state index in [4.69, 9.17) is 10.9 Å². The first-order valence-corrected chi connectivity index (χ1v) is 11.7. The first-order valence-electron chi connectivity index (χ1n) is 11.7. The maximum absolute atomic E-state index is 14.5. The fourth-order valence-electron chi connectivity index (χ4n) is 4.92. The summed E-state index contributed by atoms with van der Waals surface area (Å²) < 4.78 is 28.9. The Morgan fingerprint density at radius 2 is 1.92 bits per heavy atom. The summed E-state index contributed by atoms with van der Waals surface area (Å²) in [7, 11) is 0. The molecule has 0 radical (unpaired) electrons. The summed E-state index contributed by atoms with van der Waals surface area (Å²) in [6.07, 6.45) is 2.66. The van der Waals surface area contributed by atoms with Crippen molar-refractivity contribution in [3.8, 4) is 22.3 Å². The number of pyridine rings is 1. The molecule has 1 fully saturated rings. The van der Waals surface area contributed by atoms with Crippen LogP contribution in [0, 0.1) is 18.6 Å². The van der Waals surface area contributed by atoms with E-state index in [1.165, 1.54) is 18.2 Å². The standard InChI is InChI=1S/C28H26F2N4O2/c1-16-9-18(11-19(29)10-16)22-13-32-26-6-5-17(20-3-2-4-24(30)23(20)14-33-36)12-21(26)28(22)34-8-7-25(31)27(35)15-34/h2-6,9-14,25,27,35-36H,7-8,15,31H2,1H3/b33-14+/t25-,27+/m0/s1. The van der Waals surface area contributed by atoms with E-state index in [1.807, 2.05) is 31.2 Å². The van der Waals surface area contributed by atoms with Crippen LogP contribution in [0.2, 0.25) is 0 Å². The number of β-amino-alcohol motifs (C(OH)–C–C–N with tert-alkyl or cyclic N) is 1. The Balaban J connectivity index is 1.77. The molecule has 0 amide bonds. The minimum absolute atomic E-state index is 0.158. The molecule has 5 rings (SSSR count). The number of anilines is 1. The number of piperidine rings is 1. The van der Waals surface area contributed by atoms with Gasteiger partial charge in [0.2, 0.25) is 0 Å². The van der Waals surface area contributed by atoms with Crippen LogP contribution in [0.5, 0.6) is 0 Å². The highest BCUT2D eigenvalue weighted by Crippen LogP contribution is 2.40. The number of hydrogen-bond donors (Lipinski definition) is 3. The number of oxime groups is 1. The molecule has 6 nitrogen and oxygen atoms in total. The van der Waals surface area contributed by atoms with Crippen LogP contribution in [-0.2, 0) is 0 Å². The van der Waals surface area contributed by atoms with E-state index in [0.717, 1.165) is 28.4 Å². The minimum Gasteiger partial charge on any atom is -0.411 e. The van der Waals surface area contributed by atoms with Gasteiger partial charge in [0, 0.05) is 41.8 Å². The number of aliphatic hydroxyl groups is 1. The molecule has 0 spiro atoms. The van der Waals surface area contributed by atoms with Crippen molar-refractivity contribution in [1.29, 1.82) is 0 Å². The lowest BCUT2D eigenvalue weighted by molar-refractivity contribution is 0.132. The number of nitrogens with two attached hydrogens (primary N) is 1. The van der Waals surface area contributed by atoms with Crippen LogP contribution >= 0.6 is 0 Å². The first kappa shape index (κ1) is 23.8. The van der Waals surface area contributed by atoms with Crippen LogP contribution in [0.15, 0.2) is 65.9 Å². The molecule has 0 saturated carbocycles. The molecule has 8 heteroatoms. The molecule has 1 aliphatic rings. The minimum atomic E-state index is -0.720. The van der Waals surface area contributed by atoms with Crippen molar-refractivity contribution in [2.24, 2.45) is 10.9 Å². The number of benzene rings is 3. The summed E-state index contributed by atoms with van der Waals surface area (Å²) in [6, 6.07) is 14.7. The maximum atomic E-state index is 14.5. The number of rotatable bonds is 4. The van der Waals surface area contributed by atoms with Crippen molar-refractivity contribution in [3.63, 3.8) is 0 Å². The van der Waals surface area contributed by atoms with Crippen molar-refractivity contribution >= 4 is 22.8 Å². The van der Waals surface area contributed by atoms with Crippen molar-refractivity contribution < 1.29 is 19.1 Å². The van der Waals surface area contributed by atoms with Gasteiger partial charge in [-0.1, -0.05) is 29.4 Å². The Kier molecular flexibility index (Phi) is 6.38. The molecule has 184 valence electrons. The monoisotopic (exact) mass is 488 g/mol. The summed E-state index contributed by atoms with van der Waals surface area (Å²) in [5, 5.41) is 23.4. The molecule has 0 aliphatic carbocycles. The van der Waals surface area contributed by atoms with Crippen molar-refractivity contribution in [1.82, 2.24) is 4.98 Å². The Hall–Kier alpha value is -3.88. The van der Waals surface area contributed by atoms with Gasteiger partial charge in [-0.25, -0.2) is 8.78 Å². The zero-order chi connectivity index (χ0) is 25.4. The Morgan fingerprint density at radius 1 is 1.08 bits per heavy atom. The van der Waals surface area contributed by atoms with Crippen molar-refractivity contribution in [3.05, 3.63) is 83.6 Å². The molecule has 2 atom stereocenters. The van der Waals surface area contributed by atoms with Crippen LogP contribution in [0.4, 0.5) is 14.5 Å². The van der Waals surface area contributed by atoms with Crippen LogP contribution in [0.3, 0.4) is 0 Å². The molecule has 1 aromatic heterocycles. The largest absolute Gasteiger partial charge is 0.411 e. The predicted octanol–water partition coefficient (Wildman–Crippen LogP) is 4.86. The number of halogens is 2. The second kappa shape index (κ2) is 9.64. The molecular formula is C28H26F2N4O2. The highest BCUT2D eigenvalue weighted by molar-refractivity contribution is 6.03. The predicted molar refractivity (Wildman–Crippen MR) is 137 cm³/mol. The van der Waals surface area contributed by atoms with Gasteiger partial charge in [0.25, 0.3) is 0 Å². The topological polar surface area (TPSA) is 95.0 Å². The molecule has 4 aromatic rings. The van der Waals surface area contributed by atoms with Gasteiger partial charge in [0.15, 0.2) is 0 Å². The highest BCUT2D eigenvalue weighted by Gasteiger charge is 2.28. The molecule has 1 saturated heterocycles. The van der Waals surface area contributed by atoms with E-state index < -0.39 is 11.9 Å². The van der Waals surface area contributed by atoms with Gasteiger partial charge in [-0.15, -0.1) is 0 Å². The molecule has 2 heterocycles. The van der Waals surface area contributed by atoms with Gasteiger partial charge in [0.05, 0.1) is 23.5 Å². The van der Waals surface area contributed by atoms with E-state index in [-0.39, 0.29) is 17.4 Å². The van der Waals surface area contributed by atoms with Gasteiger partial charge in [-0.3, -0.25) is 4.98 Å². The second-order valence-electron chi connectivity index (χ2n) is 9.18. The molecule has 1 aliphatic heterocycles. The highest BCUT2D eigenvalue weighted by atomic mass is 19.1. The van der Waals surface area contributed by atoms with E-state index in [1.54, 1.807) is 18.3 Å². The molecule has 0 bridgehead atoms. The van der Waals surface area contributed by atoms with E-state index >= 15 is 0 Å². The van der Waals surface area contributed by atoms with E-state index in [2.05, 4.69) is 15.0 Å². The van der Waals surface area contributed by atoms with Crippen molar-refractivity contribution in [2.75, 3.05) is 18.0 Å². The van der Waals surface area contributed by atoms with Crippen LogP contribution in [0.25, 0.3) is 33.2 Å². The summed E-state index contributed by atoms with van der Waals surface area (Å²) in [5.41, 5.74) is 11.1. The van der Waals surface area contributed by atoms with Crippen LogP contribution in [0.1, 0.15) is 17.5 Å². The summed E-state index contributed by atoms with van der Waals surface area (Å²) in [4.78, 5) is 6.70. The number of nitrogens with zero attached hydrogens (tertiary/aromatic N) is 3. The third-order valence-electron chi connectivity index (χ3n) is 6.69. The van der Waals surface area contributed by atoms with Gasteiger partial charge >= 0.3 is 0 Å². The normalized spacial score (nSPS) is 18.3. The van der Waals surface area contributed by atoms with E-state index in [9.17, 15) is 13.9 Å². The summed E-state index contributed by atoms with van der Waals surface area (Å²) >= 11 is 0. The second-order valence-corrected chi connectivity index (χ2v) is 9.18. The molecule has 36 heavy (non-hydrogen) atoms. The van der Waals surface area contributed by atoms with Gasteiger partial charge < -0.3 is 20.9 Å². The Morgan fingerprint density at radius 3 is 2.67 bits per heavy atom. The van der Waals surface area contributed by atoms with Crippen LogP contribution < -0.4 is 10.6 Å². The number of fused-ring (bicyclic) bond motifs is 1. The number of aliphatic hydroxyl groups excluding tert-OH is 1.